The molecule has 13 heavy (non-hydrogen) atoms. The van der Waals surface area contributed by atoms with Crippen molar-refractivity contribution in [2.24, 2.45) is 0 Å². The van der Waals surface area contributed by atoms with Crippen molar-refractivity contribution in [2.45, 2.75) is 58.2 Å². The lowest BCUT2D eigenvalue weighted by molar-refractivity contribution is 0.0910. The summed E-state index contributed by atoms with van der Waals surface area (Å²) in [7, 11) is 0. The van der Waals surface area contributed by atoms with Crippen LogP contribution in [0.4, 0.5) is 0 Å². The minimum Gasteiger partial charge on any atom is -0.394 e. The van der Waals surface area contributed by atoms with Crippen LogP contribution in [0.3, 0.4) is 0 Å². The molecule has 0 rings (SSSR count). The normalized spacial score (nSPS) is 17.1. The third-order valence-corrected chi connectivity index (χ3v) is 2.91. The molecule has 0 aliphatic carbocycles. The highest BCUT2D eigenvalue weighted by atomic mass is 16.3. The Kier molecular flexibility index (Phi) is 5.53. The standard InChI is InChI=1S/C10H23NO2/c1-5-10(6-2,7-12)11-8(3)9(4)13/h8-9,11-13H,5-7H2,1-4H3. The molecule has 3 nitrogen and oxygen atoms in total. The van der Waals surface area contributed by atoms with Gasteiger partial charge in [-0.05, 0) is 26.7 Å². The van der Waals surface area contributed by atoms with Crippen LogP contribution in [0.15, 0.2) is 0 Å². The number of hydrogen-bond donors (Lipinski definition) is 3. The van der Waals surface area contributed by atoms with Gasteiger partial charge in [0.1, 0.15) is 0 Å². The number of hydrogen-bond acceptors (Lipinski definition) is 3. The van der Waals surface area contributed by atoms with Crippen molar-refractivity contribution < 1.29 is 10.2 Å². The van der Waals surface area contributed by atoms with E-state index in [1.807, 2.05) is 20.8 Å². The molecule has 3 heteroatoms. The topological polar surface area (TPSA) is 52.5 Å². The molecule has 0 aliphatic rings. The van der Waals surface area contributed by atoms with Gasteiger partial charge < -0.3 is 15.5 Å². The first-order valence-electron chi connectivity index (χ1n) is 5.08. The fraction of sp³-hybridized carbons (Fsp3) is 1.00. The van der Waals surface area contributed by atoms with Gasteiger partial charge in [0, 0.05) is 11.6 Å². The van der Waals surface area contributed by atoms with Gasteiger partial charge >= 0.3 is 0 Å². The molecule has 80 valence electrons. The summed E-state index contributed by atoms with van der Waals surface area (Å²) < 4.78 is 0. The maximum absolute atomic E-state index is 9.33. The SMILES string of the molecule is CCC(CC)(CO)NC(C)C(C)O. The van der Waals surface area contributed by atoms with Gasteiger partial charge in [0.25, 0.3) is 0 Å². The maximum atomic E-state index is 9.33. The van der Waals surface area contributed by atoms with Crippen molar-refractivity contribution in [3.05, 3.63) is 0 Å². The van der Waals surface area contributed by atoms with E-state index in [-0.39, 0.29) is 24.3 Å². The molecule has 0 amide bonds. The Hall–Kier alpha value is -0.120. The highest BCUT2D eigenvalue weighted by molar-refractivity contribution is 4.88. The van der Waals surface area contributed by atoms with Crippen LogP contribution < -0.4 is 5.32 Å². The van der Waals surface area contributed by atoms with Gasteiger partial charge in [-0.25, -0.2) is 0 Å². The van der Waals surface area contributed by atoms with E-state index < -0.39 is 0 Å². The van der Waals surface area contributed by atoms with E-state index in [1.165, 1.54) is 0 Å². The van der Waals surface area contributed by atoms with Crippen LogP contribution in [0.25, 0.3) is 0 Å². The molecule has 0 aromatic carbocycles. The van der Waals surface area contributed by atoms with Crippen molar-refractivity contribution >= 4 is 0 Å². The van der Waals surface area contributed by atoms with Crippen molar-refractivity contribution in [3.63, 3.8) is 0 Å². The van der Waals surface area contributed by atoms with E-state index in [0.29, 0.717) is 0 Å². The summed E-state index contributed by atoms with van der Waals surface area (Å²) in [6.07, 6.45) is 1.36. The fourth-order valence-electron chi connectivity index (χ4n) is 1.33. The van der Waals surface area contributed by atoms with Crippen LogP contribution in [-0.2, 0) is 0 Å². The van der Waals surface area contributed by atoms with Crippen LogP contribution in [0.2, 0.25) is 0 Å². The van der Waals surface area contributed by atoms with Crippen LogP contribution in [0.5, 0.6) is 0 Å². The van der Waals surface area contributed by atoms with E-state index >= 15 is 0 Å². The van der Waals surface area contributed by atoms with Crippen LogP contribution in [-0.4, -0.2) is 34.5 Å². The zero-order valence-corrected chi connectivity index (χ0v) is 9.17. The number of nitrogens with one attached hydrogen (secondary N) is 1. The second kappa shape index (κ2) is 5.58. The highest BCUT2D eigenvalue weighted by Crippen LogP contribution is 2.15. The van der Waals surface area contributed by atoms with Gasteiger partial charge in [-0.15, -0.1) is 0 Å². The highest BCUT2D eigenvalue weighted by Gasteiger charge is 2.27. The average molecular weight is 189 g/mol. The van der Waals surface area contributed by atoms with Crippen molar-refractivity contribution in [1.82, 2.24) is 5.32 Å². The molecule has 0 fully saturated rings. The van der Waals surface area contributed by atoms with E-state index in [2.05, 4.69) is 5.32 Å². The van der Waals surface area contributed by atoms with Crippen molar-refractivity contribution in [2.75, 3.05) is 6.61 Å². The second-order valence-electron chi connectivity index (χ2n) is 3.82. The Labute approximate surface area is 81.2 Å². The van der Waals surface area contributed by atoms with Crippen LogP contribution in [0.1, 0.15) is 40.5 Å². The third kappa shape index (κ3) is 3.63. The third-order valence-electron chi connectivity index (χ3n) is 2.91. The van der Waals surface area contributed by atoms with Gasteiger partial charge in [0.2, 0.25) is 0 Å². The fourth-order valence-corrected chi connectivity index (χ4v) is 1.33. The quantitative estimate of drug-likeness (QED) is 0.582. The molecular weight excluding hydrogens is 166 g/mol. The Morgan fingerprint density at radius 1 is 1.23 bits per heavy atom. The van der Waals surface area contributed by atoms with Crippen molar-refractivity contribution in [3.8, 4) is 0 Å². The molecule has 3 N–H and O–H groups in total. The largest absolute Gasteiger partial charge is 0.394 e. The molecule has 2 unspecified atom stereocenters. The van der Waals surface area contributed by atoms with E-state index in [0.717, 1.165) is 12.8 Å². The van der Waals surface area contributed by atoms with Gasteiger partial charge in [0.15, 0.2) is 0 Å². The molecule has 0 aromatic heterocycles. The summed E-state index contributed by atoms with van der Waals surface area (Å²) in [4.78, 5) is 0. The van der Waals surface area contributed by atoms with Gasteiger partial charge in [0.05, 0.1) is 12.7 Å². The molecule has 2 atom stereocenters. The Balaban J connectivity index is 4.24. The van der Waals surface area contributed by atoms with Crippen LogP contribution >= 0.6 is 0 Å². The monoisotopic (exact) mass is 189 g/mol. The average Bonchev–Trinajstić information content (AvgIpc) is 2.14. The van der Waals surface area contributed by atoms with E-state index in [9.17, 15) is 10.2 Å². The van der Waals surface area contributed by atoms with E-state index in [4.69, 9.17) is 0 Å². The second-order valence-corrected chi connectivity index (χ2v) is 3.82. The van der Waals surface area contributed by atoms with Gasteiger partial charge in [-0.3, -0.25) is 0 Å². The number of aliphatic hydroxyl groups excluding tert-OH is 2. The lowest BCUT2D eigenvalue weighted by atomic mass is 9.92. The lowest BCUT2D eigenvalue weighted by Crippen LogP contribution is -2.54. The van der Waals surface area contributed by atoms with Crippen molar-refractivity contribution in [1.29, 1.82) is 0 Å². The number of aliphatic hydroxyl groups is 2. The summed E-state index contributed by atoms with van der Waals surface area (Å²) >= 11 is 0. The molecule has 0 spiro atoms. The Bertz CT molecular complexity index is 125. The summed E-state index contributed by atoms with van der Waals surface area (Å²) in [6, 6.07) is 0.0204. The molecule has 0 bridgehead atoms. The lowest BCUT2D eigenvalue weighted by Gasteiger charge is -2.35. The van der Waals surface area contributed by atoms with Crippen LogP contribution in [0, 0.1) is 0 Å². The summed E-state index contributed by atoms with van der Waals surface area (Å²) in [5.41, 5.74) is -0.226. The molecule has 0 saturated heterocycles. The zero-order chi connectivity index (χ0) is 10.5. The molecule has 0 aliphatic heterocycles. The first-order chi connectivity index (χ1) is 6.01. The van der Waals surface area contributed by atoms with E-state index in [1.54, 1.807) is 6.92 Å². The minimum atomic E-state index is -0.385. The predicted molar refractivity (Wildman–Crippen MR) is 54.7 cm³/mol. The minimum absolute atomic E-state index is 0.0204. The summed E-state index contributed by atoms with van der Waals surface area (Å²) in [6.45, 7) is 7.89. The smallest absolute Gasteiger partial charge is 0.0662 e. The van der Waals surface area contributed by atoms with Gasteiger partial charge in [-0.1, -0.05) is 13.8 Å². The maximum Gasteiger partial charge on any atom is 0.0662 e. The first-order valence-corrected chi connectivity index (χ1v) is 5.08. The Morgan fingerprint density at radius 3 is 1.92 bits per heavy atom. The van der Waals surface area contributed by atoms with Gasteiger partial charge in [-0.2, -0.15) is 0 Å². The molecule has 0 aromatic rings. The molecular formula is C10H23NO2. The molecule has 0 radical (unpaired) electrons. The molecule has 0 heterocycles. The Morgan fingerprint density at radius 2 is 1.69 bits per heavy atom. The summed E-state index contributed by atoms with van der Waals surface area (Å²) in [5.74, 6) is 0. The molecule has 0 saturated carbocycles. The first kappa shape index (κ1) is 12.9. The zero-order valence-electron chi connectivity index (χ0n) is 9.17. The summed E-state index contributed by atoms with van der Waals surface area (Å²) in [5, 5.41) is 21.9. The predicted octanol–water partition coefficient (Wildman–Crippen LogP) is 0.896. The number of rotatable bonds is 6.